The second-order valence-corrected chi connectivity index (χ2v) is 3.51. The van der Waals surface area contributed by atoms with E-state index < -0.39 is 17.8 Å². The molecule has 2 rings (SSSR count). The summed E-state index contributed by atoms with van der Waals surface area (Å²) in [5.41, 5.74) is 1.71. The smallest absolute Gasteiger partial charge is 0.417 e. The predicted molar refractivity (Wildman–Crippen MR) is 60.7 cm³/mol. The molecule has 6 heteroatoms. The van der Waals surface area contributed by atoms with Crippen LogP contribution in [0.3, 0.4) is 0 Å². The molecule has 0 aliphatic heterocycles. The third kappa shape index (κ3) is 2.07. The summed E-state index contributed by atoms with van der Waals surface area (Å²) in [5.74, 6) is -0.908. The molecule has 0 radical (unpaired) electrons. The van der Waals surface area contributed by atoms with Gasteiger partial charge in [0.25, 0.3) is 0 Å². The van der Waals surface area contributed by atoms with Crippen LogP contribution in [0.4, 0.5) is 0 Å². The van der Waals surface area contributed by atoms with Crippen LogP contribution in [0.5, 0.6) is 0 Å². The lowest BCUT2D eigenvalue weighted by Crippen LogP contribution is -2.26. The van der Waals surface area contributed by atoms with E-state index in [1.807, 2.05) is 0 Å². The van der Waals surface area contributed by atoms with Crippen molar-refractivity contribution in [2.45, 2.75) is 6.04 Å². The molecular formula is C11H12N2O4. The van der Waals surface area contributed by atoms with Gasteiger partial charge in [0.1, 0.15) is 6.04 Å². The van der Waals surface area contributed by atoms with E-state index >= 15 is 0 Å². The Morgan fingerprint density at radius 1 is 1.53 bits per heavy atom. The zero-order valence-electron chi connectivity index (χ0n) is 9.44. The molecule has 1 aromatic carbocycles. The normalized spacial score (nSPS) is 12.6. The lowest BCUT2D eigenvalue weighted by Gasteiger charge is -2.13. The van der Waals surface area contributed by atoms with Crippen LogP contribution in [0.15, 0.2) is 27.4 Å². The van der Waals surface area contributed by atoms with Crippen molar-refractivity contribution in [1.29, 1.82) is 0 Å². The van der Waals surface area contributed by atoms with Crippen LogP contribution < -0.4 is 11.1 Å². The number of aromatic nitrogens is 1. The van der Waals surface area contributed by atoms with Gasteiger partial charge in [-0.15, -0.1) is 0 Å². The molecule has 90 valence electrons. The third-order valence-corrected chi connectivity index (χ3v) is 2.50. The molecule has 1 aromatic heterocycles. The van der Waals surface area contributed by atoms with Gasteiger partial charge in [0.2, 0.25) is 0 Å². The molecule has 1 unspecified atom stereocenters. The second-order valence-electron chi connectivity index (χ2n) is 3.51. The monoisotopic (exact) mass is 236 g/mol. The zero-order valence-corrected chi connectivity index (χ0v) is 9.44. The van der Waals surface area contributed by atoms with E-state index in [1.54, 1.807) is 25.2 Å². The highest BCUT2D eigenvalue weighted by atomic mass is 16.5. The molecule has 6 nitrogen and oxygen atoms in total. The number of rotatable bonds is 3. The van der Waals surface area contributed by atoms with Crippen molar-refractivity contribution in [3.05, 3.63) is 34.3 Å². The Hall–Kier alpha value is -2.08. The number of esters is 1. The summed E-state index contributed by atoms with van der Waals surface area (Å²) in [6.45, 7) is 0. The van der Waals surface area contributed by atoms with Crippen molar-refractivity contribution in [1.82, 2.24) is 10.3 Å². The first-order chi connectivity index (χ1) is 8.15. The van der Waals surface area contributed by atoms with Crippen LogP contribution in [-0.2, 0) is 9.53 Å². The number of nitrogens with one attached hydrogen (secondary N) is 2. The summed E-state index contributed by atoms with van der Waals surface area (Å²) in [6, 6.07) is 4.45. The fourth-order valence-electron chi connectivity index (χ4n) is 1.69. The van der Waals surface area contributed by atoms with E-state index in [9.17, 15) is 9.59 Å². The highest BCUT2D eigenvalue weighted by molar-refractivity contribution is 5.80. The number of benzene rings is 1. The molecule has 0 fully saturated rings. The van der Waals surface area contributed by atoms with Gasteiger partial charge >= 0.3 is 11.7 Å². The lowest BCUT2D eigenvalue weighted by atomic mass is 10.1. The van der Waals surface area contributed by atoms with Gasteiger partial charge in [-0.1, -0.05) is 6.07 Å². The lowest BCUT2D eigenvalue weighted by molar-refractivity contribution is -0.143. The average molecular weight is 236 g/mol. The zero-order chi connectivity index (χ0) is 12.4. The van der Waals surface area contributed by atoms with Crippen LogP contribution in [0.1, 0.15) is 11.6 Å². The molecule has 1 heterocycles. The van der Waals surface area contributed by atoms with Gasteiger partial charge < -0.3 is 14.5 Å². The number of oxazole rings is 1. The van der Waals surface area contributed by atoms with E-state index in [0.29, 0.717) is 16.7 Å². The maximum Gasteiger partial charge on any atom is 0.417 e. The Kier molecular flexibility index (Phi) is 2.97. The number of carbonyl (C=O) groups is 1. The Labute approximate surface area is 96.6 Å². The molecule has 0 spiro atoms. The summed E-state index contributed by atoms with van der Waals surface area (Å²) < 4.78 is 9.55. The molecule has 0 saturated carbocycles. The first-order valence-electron chi connectivity index (χ1n) is 5.03. The molecular weight excluding hydrogens is 224 g/mol. The molecule has 0 aliphatic carbocycles. The van der Waals surface area contributed by atoms with Gasteiger partial charge in [0.05, 0.1) is 12.6 Å². The molecule has 2 N–H and O–H groups in total. The molecule has 2 aromatic rings. The summed E-state index contributed by atoms with van der Waals surface area (Å²) in [6.07, 6.45) is 0. The number of aromatic amines is 1. The summed E-state index contributed by atoms with van der Waals surface area (Å²) in [5, 5.41) is 2.84. The molecule has 0 bridgehead atoms. The Balaban J connectivity index is 2.47. The van der Waals surface area contributed by atoms with Gasteiger partial charge in [-0.2, -0.15) is 0 Å². The van der Waals surface area contributed by atoms with Crippen LogP contribution in [0.2, 0.25) is 0 Å². The van der Waals surface area contributed by atoms with Gasteiger partial charge in [0, 0.05) is 0 Å². The molecule has 17 heavy (non-hydrogen) atoms. The minimum absolute atomic E-state index is 0.391. The summed E-state index contributed by atoms with van der Waals surface area (Å²) >= 11 is 0. The quantitative estimate of drug-likeness (QED) is 0.760. The van der Waals surface area contributed by atoms with Crippen molar-refractivity contribution >= 4 is 17.1 Å². The number of fused-ring (bicyclic) bond motifs is 1. The number of hydrogen-bond acceptors (Lipinski definition) is 5. The van der Waals surface area contributed by atoms with Crippen LogP contribution in [0.25, 0.3) is 11.1 Å². The largest absolute Gasteiger partial charge is 0.468 e. The fraction of sp³-hybridized carbons (Fsp3) is 0.273. The minimum Gasteiger partial charge on any atom is -0.468 e. The van der Waals surface area contributed by atoms with Crippen LogP contribution in [0, 0.1) is 0 Å². The fourth-order valence-corrected chi connectivity index (χ4v) is 1.69. The SMILES string of the molecule is CNC(C(=O)OC)c1ccc2oc(=O)[nH]c2c1. The second kappa shape index (κ2) is 4.42. The highest BCUT2D eigenvalue weighted by Crippen LogP contribution is 2.19. The Bertz CT molecular complexity index is 599. The van der Waals surface area contributed by atoms with E-state index in [1.165, 1.54) is 7.11 Å². The number of carbonyl (C=O) groups excluding carboxylic acids is 1. The molecule has 0 aliphatic rings. The van der Waals surface area contributed by atoms with Crippen molar-refractivity contribution in [3.63, 3.8) is 0 Å². The summed E-state index contributed by atoms with van der Waals surface area (Å²) in [4.78, 5) is 25.0. The van der Waals surface area contributed by atoms with Crippen molar-refractivity contribution in [3.8, 4) is 0 Å². The molecule has 0 amide bonds. The molecule has 1 atom stereocenters. The van der Waals surface area contributed by atoms with Gasteiger partial charge in [-0.05, 0) is 24.7 Å². The third-order valence-electron chi connectivity index (χ3n) is 2.50. The standard InChI is InChI=1S/C11H12N2O4/c1-12-9(10(14)16-2)6-3-4-8-7(5-6)13-11(15)17-8/h3-5,9,12H,1-2H3,(H,13,15). The number of methoxy groups -OCH3 is 1. The van der Waals surface area contributed by atoms with Crippen LogP contribution >= 0.6 is 0 Å². The van der Waals surface area contributed by atoms with Gasteiger partial charge in [-0.25, -0.2) is 9.59 Å². The Morgan fingerprint density at radius 2 is 2.29 bits per heavy atom. The van der Waals surface area contributed by atoms with E-state index in [-0.39, 0.29) is 0 Å². The van der Waals surface area contributed by atoms with Crippen LogP contribution in [-0.4, -0.2) is 25.1 Å². The maximum atomic E-state index is 11.5. The number of hydrogen-bond donors (Lipinski definition) is 2. The number of ether oxygens (including phenoxy) is 1. The van der Waals surface area contributed by atoms with Crippen molar-refractivity contribution < 1.29 is 13.9 Å². The topological polar surface area (TPSA) is 84.3 Å². The summed E-state index contributed by atoms with van der Waals surface area (Å²) in [7, 11) is 2.98. The first kappa shape index (κ1) is 11.4. The predicted octanol–water partition coefficient (Wildman–Crippen LogP) is 0.555. The van der Waals surface area contributed by atoms with E-state index in [0.717, 1.165) is 0 Å². The number of H-pyrrole nitrogens is 1. The molecule has 0 saturated heterocycles. The van der Waals surface area contributed by atoms with Gasteiger partial charge in [-0.3, -0.25) is 4.98 Å². The number of likely N-dealkylation sites (N-methyl/N-ethyl adjacent to an activating group) is 1. The maximum absolute atomic E-state index is 11.5. The highest BCUT2D eigenvalue weighted by Gasteiger charge is 2.19. The first-order valence-corrected chi connectivity index (χ1v) is 5.03. The minimum atomic E-state index is -0.567. The van der Waals surface area contributed by atoms with E-state index in [2.05, 4.69) is 15.0 Å². The van der Waals surface area contributed by atoms with Crippen molar-refractivity contribution in [2.24, 2.45) is 0 Å². The van der Waals surface area contributed by atoms with Gasteiger partial charge in [0.15, 0.2) is 5.58 Å². The van der Waals surface area contributed by atoms with E-state index in [4.69, 9.17) is 4.42 Å². The average Bonchev–Trinajstić information content (AvgIpc) is 2.69. The Morgan fingerprint density at radius 3 is 2.94 bits per heavy atom. The van der Waals surface area contributed by atoms with Crippen molar-refractivity contribution in [2.75, 3.05) is 14.2 Å².